The van der Waals surface area contributed by atoms with Crippen molar-refractivity contribution in [3.05, 3.63) is 29.8 Å². The highest BCUT2D eigenvalue weighted by atomic mass is 32.1. The zero-order valence-corrected chi connectivity index (χ0v) is 10.7. The number of hydrogen-bond donors (Lipinski definition) is 2. The number of benzene rings is 1. The molecule has 86 valence electrons. The van der Waals surface area contributed by atoms with Gasteiger partial charge in [-0.15, -0.1) is 12.6 Å². The quantitative estimate of drug-likeness (QED) is 0.758. The lowest BCUT2D eigenvalue weighted by Crippen LogP contribution is -1.99. The molecule has 0 bridgehead atoms. The van der Waals surface area contributed by atoms with Crippen LogP contribution in [0.5, 0.6) is 0 Å². The van der Waals surface area contributed by atoms with E-state index in [0.29, 0.717) is 0 Å². The van der Waals surface area contributed by atoms with Crippen molar-refractivity contribution < 1.29 is 9.90 Å². The first kappa shape index (κ1) is 16.5. The van der Waals surface area contributed by atoms with Crippen LogP contribution in [0, 0.1) is 0 Å². The monoisotopic (exact) mass is 228 g/mol. The third-order valence-electron chi connectivity index (χ3n) is 1.29. The third-order valence-corrected chi connectivity index (χ3v) is 1.59. The maximum atomic E-state index is 10.2. The number of aliphatic carboxylic acids is 1. The predicted molar refractivity (Wildman–Crippen MR) is 67.7 cm³/mol. The third kappa shape index (κ3) is 9.35. The van der Waals surface area contributed by atoms with Gasteiger partial charge in [0.05, 0.1) is 6.42 Å². The molecule has 1 aromatic rings. The number of carboxylic acid groups (broad SMARTS) is 1. The second-order valence-electron chi connectivity index (χ2n) is 2.24. The smallest absolute Gasteiger partial charge is 0.307 e. The van der Waals surface area contributed by atoms with Crippen molar-refractivity contribution >= 4 is 18.6 Å². The van der Waals surface area contributed by atoms with Crippen LogP contribution < -0.4 is 0 Å². The van der Waals surface area contributed by atoms with Gasteiger partial charge in [-0.1, -0.05) is 39.8 Å². The fourth-order valence-electron chi connectivity index (χ4n) is 0.788. The van der Waals surface area contributed by atoms with Crippen LogP contribution in [0.4, 0.5) is 0 Å². The molecule has 0 saturated carbocycles. The number of thiol groups is 1. The van der Waals surface area contributed by atoms with Crippen molar-refractivity contribution in [3.63, 3.8) is 0 Å². The minimum absolute atomic E-state index is 0.0774. The van der Waals surface area contributed by atoms with E-state index in [1.807, 2.05) is 27.7 Å². The Kier molecular flexibility index (Phi) is 12.2. The lowest BCUT2D eigenvalue weighted by Gasteiger charge is -1.95. The van der Waals surface area contributed by atoms with E-state index in [2.05, 4.69) is 12.6 Å². The Hall–Kier alpha value is -0.960. The zero-order chi connectivity index (χ0) is 12.3. The first-order valence-corrected chi connectivity index (χ1v) is 5.63. The highest BCUT2D eigenvalue weighted by molar-refractivity contribution is 7.80. The molecule has 0 aliphatic rings. The number of carboxylic acids is 1. The Bertz CT molecular complexity index is 255. The molecule has 2 nitrogen and oxygen atoms in total. The van der Waals surface area contributed by atoms with Crippen LogP contribution in [0.3, 0.4) is 0 Å². The van der Waals surface area contributed by atoms with Crippen LogP contribution in [0.25, 0.3) is 0 Å². The SMILES string of the molecule is CC.CC.O=C(O)Cc1ccc(S)cc1. The summed E-state index contributed by atoms with van der Waals surface area (Å²) < 4.78 is 0. The number of hydrogen-bond acceptors (Lipinski definition) is 2. The van der Waals surface area contributed by atoms with Gasteiger partial charge in [0.2, 0.25) is 0 Å². The Morgan fingerprint density at radius 3 is 1.87 bits per heavy atom. The van der Waals surface area contributed by atoms with Crippen molar-refractivity contribution in [1.82, 2.24) is 0 Å². The fraction of sp³-hybridized carbons (Fsp3) is 0.417. The zero-order valence-electron chi connectivity index (χ0n) is 9.82. The van der Waals surface area contributed by atoms with E-state index in [1.54, 1.807) is 24.3 Å². The van der Waals surface area contributed by atoms with Crippen molar-refractivity contribution in [1.29, 1.82) is 0 Å². The van der Waals surface area contributed by atoms with Crippen LogP contribution in [-0.2, 0) is 11.2 Å². The van der Waals surface area contributed by atoms with Crippen LogP contribution in [0.2, 0.25) is 0 Å². The van der Waals surface area contributed by atoms with Gasteiger partial charge in [0.1, 0.15) is 0 Å². The average Bonchev–Trinajstić information content (AvgIpc) is 2.27. The van der Waals surface area contributed by atoms with Gasteiger partial charge in [0.15, 0.2) is 0 Å². The molecule has 1 aromatic carbocycles. The van der Waals surface area contributed by atoms with Crippen LogP contribution >= 0.6 is 12.6 Å². The summed E-state index contributed by atoms with van der Waals surface area (Å²) in [6.45, 7) is 8.00. The molecule has 3 heteroatoms. The highest BCUT2D eigenvalue weighted by Gasteiger charge is 1.98. The second kappa shape index (κ2) is 11.1. The number of rotatable bonds is 2. The van der Waals surface area contributed by atoms with Gasteiger partial charge >= 0.3 is 5.97 Å². The van der Waals surface area contributed by atoms with Gasteiger partial charge in [-0.05, 0) is 17.7 Å². The number of carbonyl (C=O) groups is 1. The Morgan fingerprint density at radius 1 is 1.13 bits per heavy atom. The Labute approximate surface area is 97.7 Å². The maximum absolute atomic E-state index is 10.2. The molecule has 0 heterocycles. The normalized spacial score (nSPS) is 7.80. The molecular formula is C12H20O2S. The molecule has 0 spiro atoms. The summed E-state index contributed by atoms with van der Waals surface area (Å²) in [4.78, 5) is 11.1. The highest BCUT2D eigenvalue weighted by Crippen LogP contribution is 2.07. The molecule has 0 fully saturated rings. The summed E-state index contributed by atoms with van der Waals surface area (Å²) in [5.41, 5.74) is 0.801. The molecule has 0 saturated heterocycles. The Balaban J connectivity index is 0. The van der Waals surface area contributed by atoms with E-state index in [0.717, 1.165) is 10.5 Å². The van der Waals surface area contributed by atoms with E-state index in [4.69, 9.17) is 5.11 Å². The lowest BCUT2D eigenvalue weighted by atomic mass is 10.2. The minimum atomic E-state index is -0.808. The summed E-state index contributed by atoms with van der Waals surface area (Å²) in [5.74, 6) is -0.808. The molecule has 0 atom stereocenters. The molecule has 1 rings (SSSR count). The topological polar surface area (TPSA) is 37.3 Å². The standard InChI is InChI=1S/C8H8O2S.2C2H6/c9-8(10)5-6-1-3-7(11)4-2-6;2*1-2/h1-4,11H,5H2,(H,9,10);2*1-2H3. The predicted octanol–water partition coefficient (Wildman–Crippen LogP) is 3.65. The summed E-state index contributed by atoms with van der Waals surface area (Å²) >= 11 is 4.07. The maximum Gasteiger partial charge on any atom is 0.307 e. The molecule has 0 amide bonds. The molecule has 0 radical (unpaired) electrons. The average molecular weight is 228 g/mol. The molecule has 1 N–H and O–H groups in total. The lowest BCUT2D eigenvalue weighted by molar-refractivity contribution is -0.136. The summed E-state index contributed by atoms with van der Waals surface area (Å²) in [5, 5.41) is 8.42. The largest absolute Gasteiger partial charge is 0.481 e. The Morgan fingerprint density at radius 2 is 1.53 bits per heavy atom. The van der Waals surface area contributed by atoms with Gasteiger partial charge in [-0.2, -0.15) is 0 Å². The van der Waals surface area contributed by atoms with Crippen molar-refractivity contribution in [2.24, 2.45) is 0 Å². The molecule has 0 aliphatic carbocycles. The van der Waals surface area contributed by atoms with E-state index in [9.17, 15) is 4.79 Å². The summed E-state index contributed by atoms with van der Waals surface area (Å²) in [6.07, 6.45) is 0.0774. The van der Waals surface area contributed by atoms with Gasteiger partial charge in [-0.3, -0.25) is 4.79 Å². The van der Waals surface area contributed by atoms with Gasteiger partial charge < -0.3 is 5.11 Å². The molecule has 0 aliphatic heterocycles. The summed E-state index contributed by atoms with van der Waals surface area (Å²) in [6, 6.07) is 7.08. The second-order valence-corrected chi connectivity index (χ2v) is 2.75. The molecular weight excluding hydrogens is 208 g/mol. The first-order valence-electron chi connectivity index (χ1n) is 5.18. The van der Waals surface area contributed by atoms with Crippen LogP contribution in [0.1, 0.15) is 33.3 Å². The van der Waals surface area contributed by atoms with Crippen molar-refractivity contribution in [2.75, 3.05) is 0 Å². The first-order chi connectivity index (χ1) is 7.18. The van der Waals surface area contributed by atoms with Crippen molar-refractivity contribution in [3.8, 4) is 0 Å². The van der Waals surface area contributed by atoms with E-state index in [-0.39, 0.29) is 6.42 Å². The van der Waals surface area contributed by atoms with Gasteiger partial charge in [-0.25, -0.2) is 0 Å². The molecule has 0 unspecified atom stereocenters. The van der Waals surface area contributed by atoms with Gasteiger partial charge in [0.25, 0.3) is 0 Å². The van der Waals surface area contributed by atoms with E-state index < -0.39 is 5.97 Å². The van der Waals surface area contributed by atoms with Crippen LogP contribution in [0.15, 0.2) is 29.2 Å². The van der Waals surface area contributed by atoms with E-state index >= 15 is 0 Å². The minimum Gasteiger partial charge on any atom is -0.481 e. The fourth-order valence-corrected chi connectivity index (χ4v) is 0.937. The summed E-state index contributed by atoms with van der Waals surface area (Å²) in [7, 11) is 0. The van der Waals surface area contributed by atoms with Crippen LogP contribution in [-0.4, -0.2) is 11.1 Å². The van der Waals surface area contributed by atoms with Gasteiger partial charge in [0, 0.05) is 4.90 Å². The molecule has 15 heavy (non-hydrogen) atoms. The van der Waals surface area contributed by atoms with E-state index in [1.165, 1.54) is 0 Å². The van der Waals surface area contributed by atoms with Crippen molar-refractivity contribution in [2.45, 2.75) is 39.0 Å². The molecule has 0 aromatic heterocycles.